The SMILES string of the molecule is COCCc1ccc(OS(=O)(=O)c2cc(Cl)c(C)c([N+](=O)[O-])c2)cc1. The van der Waals surface area contributed by atoms with Crippen LogP contribution in [0.5, 0.6) is 5.75 Å². The van der Waals surface area contributed by atoms with Crippen LogP contribution in [-0.4, -0.2) is 27.1 Å². The number of halogens is 1. The van der Waals surface area contributed by atoms with Gasteiger partial charge in [-0.1, -0.05) is 23.7 Å². The van der Waals surface area contributed by atoms with Gasteiger partial charge < -0.3 is 8.92 Å². The summed E-state index contributed by atoms with van der Waals surface area (Å²) in [6, 6.07) is 8.51. The van der Waals surface area contributed by atoms with Gasteiger partial charge in [0.05, 0.1) is 16.6 Å². The molecule has 0 amide bonds. The van der Waals surface area contributed by atoms with E-state index in [0.717, 1.165) is 17.7 Å². The van der Waals surface area contributed by atoms with Crippen molar-refractivity contribution >= 4 is 27.4 Å². The highest BCUT2D eigenvalue weighted by molar-refractivity contribution is 7.87. The molecule has 0 atom stereocenters. The number of ether oxygens (including phenoxy) is 1. The molecule has 0 unspecified atom stereocenters. The molecule has 0 saturated heterocycles. The molecule has 0 saturated carbocycles. The molecule has 0 radical (unpaired) electrons. The van der Waals surface area contributed by atoms with Crippen molar-refractivity contribution in [1.29, 1.82) is 0 Å². The molecule has 0 spiro atoms. The van der Waals surface area contributed by atoms with Crippen molar-refractivity contribution in [3.8, 4) is 5.75 Å². The molecule has 0 N–H and O–H groups in total. The Morgan fingerprint density at radius 3 is 2.40 bits per heavy atom. The Morgan fingerprint density at radius 2 is 1.84 bits per heavy atom. The molecular weight excluding hydrogens is 370 g/mol. The highest BCUT2D eigenvalue weighted by Gasteiger charge is 2.24. The summed E-state index contributed by atoms with van der Waals surface area (Å²) in [6.45, 7) is 1.99. The van der Waals surface area contributed by atoms with E-state index < -0.39 is 15.0 Å². The lowest BCUT2D eigenvalue weighted by atomic mass is 10.1. The zero-order valence-electron chi connectivity index (χ0n) is 13.6. The van der Waals surface area contributed by atoms with Crippen LogP contribution in [0.2, 0.25) is 5.02 Å². The fourth-order valence-electron chi connectivity index (χ4n) is 2.08. The minimum Gasteiger partial charge on any atom is -0.384 e. The van der Waals surface area contributed by atoms with Crippen molar-refractivity contribution in [3.05, 3.63) is 62.7 Å². The Kier molecular flexibility index (Phi) is 5.99. The van der Waals surface area contributed by atoms with Crippen LogP contribution in [0.3, 0.4) is 0 Å². The number of rotatable bonds is 7. The van der Waals surface area contributed by atoms with Gasteiger partial charge in [-0.05, 0) is 37.1 Å². The smallest absolute Gasteiger partial charge is 0.339 e. The number of nitro groups is 1. The molecule has 2 aromatic carbocycles. The van der Waals surface area contributed by atoms with Crippen molar-refractivity contribution in [1.82, 2.24) is 0 Å². The average molecular weight is 386 g/mol. The number of benzene rings is 2. The Hall–Kier alpha value is -2.16. The molecule has 0 bridgehead atoms. The summed E-state index contributed by atoms with van der Waals surface area (Å²) < 4.78 is 34.8. The predicted octanol–water partition coefficient (Wildman–Crippen LogP) is 3.51. The first kappa shape index (κ1) is 19.2. The fraction of sp³-hybridized carbons (Fsp3) is 0.250. The van der Waals surface area contributed by atoms with E-state index in [1.807, 2.05) is 0 Å². The second-order valence-corrected chi connectivity index (χ2v) is 7.18. The first-order chi connectivity index (χ1) is 11.7. The Morgan fingerprint density at radius 1 is 1.20 bits per heavy atom. The molecule has 2 rings (SSSR count). The van der Waals surface area contributed by atoms with Crippen LogP contribution in [-0.2, 0) is 21.3 Å². The van der Waals surface area contributed by atoms with Gasteiger partial charge >= 0.3 is 10.1 Å². The lowest BCUT2D eigenvalue weighted by Gasteiger charge is -2.09. The molecule has 0 aliphatic carbocycles. The van der Waals surface area contributed by atoms with Crippen molar-refractivity contribution in [3.63, 3.8) is 0 Å². The topological polar surface area (TPSA) is 95.7 Å². The molecule has 134 valence electrons. The Labute approximate surface area is 150 Å². The van der Waals surface area contributed by atoms with Gasteiger partial charge in [0.2, 0.25) is 0 Å². The monoisotopic (exact) mass is 385 g/mol. The van der Waals surface area contributed by atoms with Crippen LogP contribution in [0.15, 0.2) is 41.3 Å². The van der Waals surface area contributed by atoms with E-state index >= 15 is 0 Å². The van der Waals surface area contributed by atoms with Crippen molar-refractivity contribution in [2.45, 2.75) is 18.2 Å². The van der Waals surface area contributed by atoms with Crippen molar-refractivity contribution in [2.24, 2.45) is 0 Å². The summed E-state index contributed by atoms with van der Waals surface area (Å²) in [5, 5.41) is 11.0. The van der Waals surface area contributed by atoms with Crippen LogP contribution >= 0.6 is 11.6 Å². The molecule has 0 aliphatic heterocycles. The van der Waals surface area contributed by atoms with Gasteiger partial charge in [-0.2, -0.15) is 8.42 Å². The minimum atomic E-state index is -4.25. The summed E-state index contributed by atoms with van der Waals surface area (Å²) in [7, 11) is -2.66. The molecule has 25 heavy (non-hydrogen) atoms. The van der Waals surface area contributed by atoms with Crippen LogP contribution in [0.1, 0.15) is 11.1 Å². The van der Waals surface area contributed by atoms with E-state index in [2.05, 4.69) is 0 Å². The van der Waals surface area contributed by atoms with Gasteiger partial charge in [0.1, 0.15) is 10.6 Å². The number of methoxy groups -OCH3 is 1. The number of hydrogen-bond acceptors (Lipinski definition) is 6. The van der Waals surface area contributed by atoms with Gasteiger partial charge in [0, 0.05) is 18.7 Å². The van der Waals surface area contributed by atoms with Crippen LogP contribution in [0, 0.1) is 17.0 Å². The zero-order chi connectivity index (χ0) is 18.6. The standard InChI is InChI=1S/C16H16ClNO6S/c1-11-15(17)9-14(10-16(11)18(19)20)25(21,22)24-13-5-3-12(4-6-13)7-8-23-2/h3-6,9-10H,7-8H2,1-2H3. The Bertz CT molecular complexity index is 880. The van der Waals surface area contributed by atoms with Gasteiger partial charge in [-0.15, -0.1) is 0 Å². The van der Waals surface area contributed by atoms with Gasteiger partial charge in [0.25, 0.3) is 5.69 Å². The highest BCUT2D eigenvalue weighted by atomic mass is 35.5. The first-order valence-electron chi connectivity index (χ1n) is 7.21. The Balaban J connectivity index is 2.29. The fourth-order valence-corrected chi connectivity index (χ4v) is 3.34. The lowest BCUT2D eigenvalue weighted by molar-refractivity contribution is -0.385. The maximum absolute atomic E-state index is 12.4. The van der Waals surface area contributed by atoms with E-state index in [-0.39, 0.29) is 26.9 Å². The molecule has 0 fully saturated rings. The van der Waals surface area contributed by atoms with E-state index in [1.165, 1.54) is 19.1 Å². The lowest BCUT2D eigenvalue weighted by Crippen LogP contribution is -2.11. The van der Waals surface area contributed by atoms with Gasteiger partial charge in [-0.25, -0.2) is 0 Å². The molecule has 2 aromatic rings. The van der Waals surface area contributed by atoms with E-state index in [1.54, 1.807) is 19.2 Å². The van der Waals surface area contributed by atoms with Gasteiger partial charge in [-0.3, -0.25) is 10.1 Å². The van der Waals surface area contributed by atoms with Crippen molar-refractivity contribution in [2.75, 3.05) is 13.7 Å². The largest absolute Gasteiger partial charge is 0.384 e. The summed E-state index contributed by atoms with van der Waals surface area (Å²) in [5.74, 6) is 0.0977. The van der Waals surface area contributed by atoms with Crippen molar-refractivity contribution < 1.29 is 22.3 Å². The minimum absolute atomic E-state index is 0.0220. The van der Waals surface area contributed by atoms with E-state index in [0.29, 0.717) is 13.0 Å². The summed E-state index contributed by atoms with van der Waals surface area (Å²) >= 11 is 5.91. The molecule has 9 heteroatoms. The normalized spacial score (nSPS) is 11.3. The summed E-state index contributed by atoms with van der Waals surface area (Å²) in [6.07, 6.45) is 0.684. The first-order valence-corrected chi connectivity index (χ1v) is 9.00. The predicted molar refractivity (Wildman–Crippen MR) is 92.7 cm³/mol. The third-order valence-electron chi connectivity index (χ3n) is 3.50. The zero-order valence-corrected chi connectivity index (χ0v) is 15.1. The van der Waals surface area contributed by atoms with E-state index in [9.17, 15) is 18.5 Å². The summed E-state index contributed by atoms with van der Waals surface area (Å²) in [5.41, 5.74) is 0.762. The molecular formula is C16H16ClNO6S. The number of nitrogens with zero attached hydrogens (tertiary/aromatic N) is 1. The second-order valence-electron chi connectivity index (χ2n) is 5.23. The summed E-state index contributed by atoms with van der Waals surface area (Å²) in [4.78, 5) is 9.97. The molecule has 0 heterocycles. The molecule has 0 aromatic heterocycles. The van der Waals surface area contributed by atoms with Gasteiger partial charge in [0.15, 0.2) is 0 Å². The van der Waals surface area contributed by atoms with E-state index in [4.69, 9.17) is 20.5 Å². The highest BCUT2D eigenvalue weighted by Crippen LogP contribution is 2.30. The number of nitro benzene ring substituents is 1. The molecule has 7 nitrogen and oxygen atoms in total. The van der Waals surface area contributed by atoms with Crippen LogP contribution in [0.4, 0.5) is 5.69 Å². The maximum Gasteiger partial charge on any atom is 0.339 e. The van der Waals surface area contributed by atoms with Crippen LogP contribution in [0.25, 0.3) is 0 Å². The second kappa shape index (κ2) is 7.81. The maximum atomic E-state index is 12.4. The average Bonchev–Trinajstić information content (AvgIpc) is 2.55. The third-order valence-corrected chi connectivity index (χ3v) is 5.12. The quantitative estimate of drug-likeness (QED) is 0.411. The molecule has 0 aliphatic rings. The van der Waals surface area contributed by atoms with Crippen LogP contribution < -0.4 is 4.18 Å². The number of hydrogen-bond donors (Lipinski definition) is 0. The third kappa shape index (κ3) is 4.68.